The number of rotatable bonds is 4. The third-order valence-electron chi connectivity index (χ3n) is 17.0. The molecule has 4 aromatic heterocycles. The van der Waals surface area contributed by atoms with E-state index in [1.54, 1.807) is 0 Å². The topological polar surface area (TPSA) is 19.7 Å². The van der Waals surface area contributed by atoms with Crippen LogP contribution in [0.1, 0.15) is 35.6 Å². The summed E-state index contributed by atoms with van der Waals surface area (Å²) < 4.78 is 9.85. The standard InChI is InChI=1S/C72H48N4/c1-5-13-53(14-6-1)73-65-29-21-45-37-57(65)58-38-46(22-30-66(58)73)48-24-32-68-60(40-48)62-42-50(26-34-70(62)75(68)55-17-9-3-10-18-55)52-28-36-72-64(44-52)63-43-51(27-35-71(63)76(72)56-19-11-4-12-20-56)49-25-33-69-61(41-49)59-39-47(45)23-31-67(59)74(69)54-15-7-2-8-16-54/h1-3,5-11,13-43,52H,4,12,44H2. The van der Waals surface area contributed by atoms with E-state index in [0.717, 1.165) is 36.3 Å². The lowest BCUT2D eigenvalue weighted by Gasteiger charge is -2.20. The second-order valence-corrected chi connectivity index (χ2v) is 21.2. The van der Waals surface area contributed by atoms with Gasteiger partial charge in [-0.05, 0) is 197 Å². The third-order valence-corrected chi connectivity index (χ3v) is 17.0. The molecule has 17 rings (SSSR count). The highest BCUT2D eigenvalue weighted by Gasteiger charge is 2.27. The number of benzene rings is 10. The molecule has 0 spiro atoms. The molecule has 16 bridgehead atoms. The average molecular weight is 969 g/mol. The monoisotopic (exact) mass is 968 g/mol. The van der Waals surface area contributed by atoms with E-state index in [-0.39, 0.29) is 5.92 Å². The molecule has 0 N–H and O–H groups in total. The van der Waals surface area contributed by atoms with Crippen molar-refractivity contribution in [1.29, 1.82) is 0 Å². The molecule has 4 heterocycles. The Morgan fingerprint density at radius 2 is 0.684 bits per heavy atom. The van der Waals surface area contributed by atoms with Crippen LogP contribution in [0.15, 0.2) is 243 Å². The summed E-state index contributed by atoms with van der Waals surface area (Å²) in [5.74, 6) is 0.197. The average Bonchev–Trinajstić information content (AvgIpc) is 4.28. The highest BCUT2D eigenvalue weighted by molar-refractivity contribution is 6.15. The van der Waals surface area contributed by atoms with Crippen molar-refractivity contribution in [2.24, 2.45) is 0 Å². The van der Waals surface area contributed by atoms with E-state index in [1.165, 1.54) is 132 Å². The second kappa shape index (κ2) is 15.9. The van der Waals surface area contributed by atoms with E-state index in [0.29, 0.717) is 0 Å². The third kappa shape index (κ3) is 6.07. The minimum Gasteiger partial charge on any atom is -0.310 e. The minimum absolute atomic E-state index is 0.197. The molecule has 3 aliphatic rings. The number of allylic oxidation sites excluding steroid dienone is 5. The van der Waals surface area contributed by atoms with Crippen LogP contribution < -0.4 is 0 Å². The van der Waals surface area contributed by atoms with Crippen molar-refractivity contribution in [1.82, 2.24) is 18.3 Å². The SMILES string of the molecule is C1=CC(n2c3c4c5cc(ccc52)-c2ccc5c(c2)c2cc(ccc2n5-c2ccccc2)-c2ccc5c(c2)c2cc(ccc2n5-c2ccccc2)-c2ccc5c(c2)c2cc(ccc2n5-c2ccccc2)C(C=C3)C4)=CCC1. The highest BCUT2D eigenvalue weighted by atomic mass is 15.0. The molecule has 76 heavy (non-hydrogen) atoms. The molecule has 0 fully saturated rings. The van der Waals surface area contributed by atoms with Gasteiger partial charge in [-0.25, -0.2) is 0 Å². The van der Waals surface area contributed by atoms with Gasteiger partial charge in [0.15, 0.2) is 0 Å². The maximum absolute atomic E-state index is 2.52. The van der Waals surface area contributed by atoms with Gasteiger partial charge in [-0.3, -0.25) is 0 Å². The van der Waals surface area contributed by atoms with Gasteiger partial charge in [0.05, 0.1) is 38.6 Å². The van der Waals surface area contributed by atoms with Crippen molar-refractivity contribution in [3.8, 4) is 50.4 Å². The Hall–Kier alpha value is -9.64. The van der Waals surface area contributed by atoms with Gasteiger partial charge in [-0.1, -0.05) is 115 Å². The predicted octanol–water partition coefficient (Wildman–Crippen LogP) is 18.8. The van der Waals surface area contributed by atoms with Crippen LogP contribution in [-0.4, -0.2) is 18.3 Å². The fourth-order valence-electron chi connectivity index (χ4n) is 13.5. The van der Waals surface area contributed by atoms with Crippen LogP contribution in [0.4, 0.5) is 0 Å². The molecule has 4 heteroatoms. The summed E-state index contributed by atoms with van der Waals surface area (Å²) in [6, 6.07) is 82.5. The van der Waals surface area contributed by atoms with Gasteiger partial charge in [0, 0.05) is 72.1 Å². The number of nitrogens with zero attached hydrogens (tertiary/aromatic N) is 4. The summed E-state index contributed by atoms with van der Waals surface area (Å²) >= 11 is 0. The summed E-state index contributed by atoms with van der Waals surface area (Å²) in [4.78, 5) is 0. The van der Waals surface area contributed by atoms with Crippen molar-refractivity contribution in [3.63, 3.8) is 0 Å². The van der Waals surface area contributed by atoms with Gasteiger partial charge < -0.3 is 18.3 Å². The summed E-state index contributed by atoms with van der Waals surface area (Å²) in [6.07, 6.45) is 15.0. The van der Waals surface area contributed by atoms with Gasteiger partial charge in [-0.15, -0.1) is 0 Å². The number of fused-ring (bicyclic) bond motifs is 12. The lowest BCUT2D eigenvalue weighted by Crippen LogP contribution is -2.08. The van der Waals surface area contributed by atoms with Crippen molar-refractivity contribution in [3.05, 3.63) is 260 Å². The van der Waals surface area contributed by atoms with Crippen molar-refractivity contribution < 1.29 is 0 Å². The van der Waals surface area contributed by atoms with Gasteiger partial charge in [0.2, 0.25) is 0 Å². The first-order valence-corrected chi connectivity index (χ1v) is 26.8. The molecule has 356 valence electrons. The normalized spacial score (nSPS) is 14.8. The van der Waals surface area contributed by atoms with Gasteiger partial charge >= 0.3 is 0 Å². The van der Waals surface area contributed by atoms with Crippen molar-refractivity contribution in [2.45, 2.75) is 25.2 Å². The zero-order valence-corrected chi connectivity index (χ0v) is 41.7. The lowest BCUT2D eigenvalue weighted by molar-refractivity contribution is 0.827. The largest absolute Gasteiger partial charge is 0.310 e. The Bertz CT molecular complexity index is 4880. The number of hydrogen-bond acceptors (Lipinski definition) is 0. The van der Waals surface area contributed by atoms with Crippen LogP contribution in [-0.2, 0) is 6.42 Å². The molecule has 0 radical (unpaired) electrons. The molecule has 0 amide bonds. The highest BCUT2D eigenvalue weighted by Crippen LogP contribution is 2.45. The first-order chi connectivity index (χ1) is 37.7. The Kier molecular flexibility index (Phi) is 8.76. The molecule has 0 saturated heterocycles. The molecule has 0 saturated carbocycles. The Balaban J connectivity index is 0.962. The van der Waals surface area contributed by atoms with Crippen molar-refractivity contribution in [2.75, 3.05) is 0 Å². The Morgan fingerprint density at radius 3 is 1.08 bits per heavy atom. The van der Waals surface area contributed by atoms with Crippen LogP contribution in [0.25, 0.3) is 139 Å². The number of aromatic nitrogens is 4. The number of hydrogen-bond donors (Lipinski definition) is 0. The van der Waals surface area contributed by atoms with Crippen LogP contribution in [0.5, 0.6) is 0 Å². The van der Waals surface area contributed by atoms with Crippen LogP contribution in [0, 0.1) is 0 Å². The quantitative estimate of drug-likeness (QED) is 0.167. The van der Waals surface area contributed by atoms with E-state index in [9.17, 15) is 0 Å². The van der Waals surface area contributed by atoms with E-state index in [1.807, 2.05) is 0 Å². The second-order valence-electron chi connectivity index (χ2n) is 21.2. The Morgan fingerprint density at radius 1 is 0.316 bits per heavy atom. The molecule has 4 nitrogen and oxygen atoms in total. The van der Waals surface area contributed by atoms with Gasteiger partial charge in [0.1, 0.15) is 0 Å². The first kappa shape index (κ1) is 41.8. The molecular weight excluding hydrogens is 921 g/mol. The van der Waals surface area contributed by atoms with E-state index in [2.05, 4.69) is 267 Å². The lowest BCUT2D eigenvalue weighted by atomic mass is 9.85. The molecular formula is C72H48N4. The summed E-state index contributed by atoms with van der Waals surface area (Å²) in [7, 11) is 0. The summed E-state index contributed by atoms with van der Waals surface area (Å²) in [5, 5.41) is 8.80. The molecule has 14 aromatic rings. The minimum atomic E-state index is 0.197. The first-order valence-electron chi connectivity index (χ1n) is 26.8. The van der Waals surface area contributed by atoms with E-state index in [4.69, 9.17) is 0 Å². The zero-order chi connectivity index (χ0) is 49.6. The van der Waals surface area contributed by atoms with Gasteiger partial charge in [-0.2, -0.15) is 0 Å². The van der Waals surface area contributed by atoms with Crippen molar-refractivity contribution >= 4 is 88.1 Å². The van der Waals surface area contributed by atoms with Crippen LogP contribution in [0.3, 0.4) is 0 Å². The van der Waals surface area contributed by atoms with E-state index >= 15 is 0 Å². The fraction of sp³-hybridized carbons (Fsp3) is 0.0556. The molecule has 10 aromatic carbocycles. The molecule has 1 unspecified atom stereocenters. The van der Waals surface area contributed by atoms with Gasteiger partial charge in [0.25, 0.3) is 0 Å². The van der Waals surface area contributed by atoms with Crippen LogP contribution >= 0.6 is 0 Å². The zero-order valence-electron chi connectivity index (χ0n) is 41.7. The molecule has 0 aliphatic heterocycles. The smallest absolute Gasteiger partial charge is 0.0541 e. The van der Waals surface area contributed by atoms with E-state index < -0.39 is 0 Å². The predicted molar refractivity (Wildman–Crippen MR) is 319 cm³/mol. The summed E-state index contributed by atoms with van der Waals surface area (Å²) in [5.41, 5.74) is 24.5. The summed E-state index contributed by atoms with van der Waals surface area (Å²) in [6.45, 7) is 0. The maximum atomic E-state index is 2.52. The molecule has 3 aliphatic carbocycles. The fourth-order valence-corrected chi connectivity index (χ4v) is 13.5. The molecule has 1 atom stereocenters. The van der Waals surface area contributed by atoms with Crippen LogP contribution in [0.2, 0.25) is 0 Å². The maximum Gasteiger partial charge on any atom is 0.0541 e. The number of para-hydroxylation sites is 3. The Labute approximate surface area is 439 Å².